The summed E-state index contributed by atoms with van der Waals surface area (Å²) in [5.74, 6) is 0.912. The fourth-order valence-corrected chi connectivity index (χ4v) is 3.37. The molecule has 0 spiro atoms. The maximum Gasteiger partial charge on any atom is 0.228 e. The molecule has 1 atom stereocenters. The lowest BCUT2D eigenvalue weighted by molar-refractivity contribution is -0.134. The first-order valence-corrected chi connectivity index (χ1v) is 7.60. The molecule has 1 aromatic rings. The number of rotatable bonds is 4. The Labute approximate surface area is 112 Å². The van der Waals surface area contributed by atoms with Crippen LogP contribution >= 0.6 is 22.9 Å². The highest BCUT2D eigenvalue weighted by atomic mass is 35.5. The molecule has 1 aliphatic heterocycles. The van der Waals surface area contributed by atoms with Gasteiger partial charge >= 0.3 is 0 Å². The second kappa shape index (κ2) is 6.41. The number of carbonyl (C=O) groups excluding carboxylic acids is 1. The Balaban J connectivity index is 1.96. The highest BCUT2D eigenvalue weighted by molar-refractivity contribution is 7.10. The van der Waals surface area contributed by atoms with Crippen LogP contribution in [0, 0.1) is 0 Å². The van der Waals surface area contributed by atoms with Gasteiger partial charge in [-0.05, 0) is 37.1 Å². The van der Waals surface area contributed by atoms with Crippen LogP contribution in [0.25, 0.3) is 0 Å². The van der Waals surface area contributed by atoms with Crippen molar-refractivity contribution in [2.45, 2.75) is 38.1 Å². The van der Waals surface area contributed by atoms with Crippen LogP contribution in [0.1, 0.15) is 30.6 Å². The van der Waals surface area contributed by atoms with E-state index in [0.29, 0.717) is 18.3 Å². The zero-order valence-electron chi connectivity index (χ0n) is 9.90. The molecular formula is C13H18ClNOS. The van der Waals surface area contributed by atoms with Gasteiger partial charge in [-0.3, -0.25) is 4.79 Å². The Morgan fingerprint density at radius 2 is 2.41 bits per heavy atom. The molecule has 1 saturated heterocycles. The first-order chi connectivity index (χ1) is 8.31. The number of nitrogens with zero attached hydrogens (tertiary/aromatic N) is 1. The predicted molar refractivity (Wildman–Crippen MR) is 72.7 cm³/mol. The van der Waals surface area contributed by atoms with Gasteiger partial charge in [0, 0.05) is 23.3 Å². The van der Waals surface area contributed by atoms with E-state index >= 15 is 0 Å². The van der Waals surface area contributed by atoms with Crippen molar-refractivity contribution in [3.63, 3.8) is 0 Å². The molecule has 2 rings (SSSR count). The van der Waals surface area contributed by atoms with E-state index in [0.717, 1.165) is 30.7 Å². The number of thiophene rings is 1. The topological polar surface area (TPSA) is 20.3 Å². The van der Waals surface area contributed by atoms with Crippen molar-refractivity contribution < 1.29 is 4.79 Å². The minimum absolute atomic E-state index is 0.266. The van der Waals surface area contributed by atoms with Crippen LogP contribution in [0.5, 0.6) is 0 Å². The second-order valence-electron chi connectivity index (χ2n) is 4.47. The number of alkyl halides is 1. The number of piperidine rings is 1. The molecule has 2 nitrogen and oxygen atoms in total. The molecule has 1 unspecified atom stereocenters. The van der Waals surface area contributed by atoms with E-state index in [1.165, 1.54) is 6.42 Å². The van der Waals surface area contributed by atoms with Gasteiger partial charge in [-0.2, -0.15) is 0 Å². The summed E-state index contributed by atoms with van der Waals surface area (Å²) in [6, 6.07) is 4.40. The number of likely N-dealkylation sites (tertiary alicyclic amines) is 1. The fraction of sp³-hybridized carbons (Fsp3) is 0.615. The molecule has 0 aliphatic carbocycles. The van der Waals surface area contributed by atoms with E-state index < -0.39 is 0 Å². The van der Waals surface area contributed by atoms with Crippen LogP contribution in [0.15, 0.2) is 17.5 Å². The molecule has 0 bridgehead atoms. The van der Waals surface area contributed by atoms with E-state index in [2.05, 4.69) is 0 Å². The lowest BCUT2D eigenvalue weighted by Crippen LogP contribution is -2.44. The predicted octanol–water partition coefficient (Wildman–Crippen LogP) is 3.30. The van der Waals surface area contributed by atoms with Gasteiger partial charge in [-0.15, -0.1) is 22.9 Å². The van der Waals surface area contributed by atoms with Gasteiger partial charge in [-0.1, -0.05) is 6.07 Å². The van der Waals surface area contributed by atoms with Gasteiger partial charge < -0.3 is 4.90 Å². The van der Waals surface area contributed by atoms with Gasteiger partial charge in [-0.25, -0.2) is 0 Å². The zero-order chi connectivity index (χ0) is 12.1. The van der Waals surface area contributed by atoms with Crippen LogP contribution < -0.4 is 0 Å². The van der Waals surface area contributed by atoms with Crippen molar-refractivity contribution in [1.82, 2.24) is 4.90 Å². The monoisotopic (exact) mass is 271 g/mol. The number of hydrogen-bond acceptors (Lipinski definition) is 2. The van der Waals surface area contributed by atoms with Crippen LogP contribution in [-0.2, 0) is 11.2 Å². The highest BCUT2D eigenvalue weighted by Crippen LogP contribution is 2.22. The molecule has 1 aliphatic rings. The summed E-state index contributed by atoms with van der Waals surface area (Å²) in [4.78, 5) is 15.4. The van der Waals surface area contributed by atoms with Gasteiger partial charge in [0.2, 0.25) is 5.91 Å². The molecule has 94 valence electrons. The fourth-order valence-electron chi connectivity index (χ4n) is 2.42. The van der Waals surface area contributed by atoms with Crippen molar-refractivity contribution in [1.29, 1.82) is 0 Å². The molecule has 4 heteroatoms. The first kappa shape index (κ1) is 12.9. The average molecular weight is 272 g/mol. The molecule has 2 heterocycles. The molecule has 1 fully saturated rings. The number of amides is 1. The molecule has 0 N–H and O–H groups in total. The SMILES string of the molecule is O=C(Cc1cccs1)N1CCCCC1CCCl. The number of carbonyl (C=O) groups is 1. The molecule has 1 aromatic heterocycles. The zero-order valence-corrected chi connectivity index (χ0v) is 11.5. The summed E-state index contributed by atoms with van der Waals surface area (Å²) in [6.07, 6.45) is 4.95. The summed E-state index contributed by atoms with van der Waals surface area (Å²) in [5.41, 5.74) is 0. The Morgan fingerprint density at radius 1 is 1.53 bits per heavy atom. The van der Waals surface area contributed by atoms with E-state index in [9.17, 15) is 4.79 Å². The van der Waals surface area contributed by atoms with Crippen molar-refractivity contribution in [2.75, 3.05) is 12.4 Å². The normalized spacial score (nSPS) is 20.5. The molecule has 17 heavy (non-hydrogen) atoms. The van der Waals surface area contributed by atoms with Gasteiger partial charge in [0.1, 0.15) is 0 Å². The third-order valence-corrected chi connectivity index (χ3v) is 4.39. The quantitative estimate of drug-likeness (QED) is 0.770. The van der Waals surface area contributed by atoms with E-state index in [4.69, 9.17) is 11.6 Å². The third kappa shape index (κ3) is 3.46. The van der Waals surface area contributed by atoms with E-state index in [1.807, 2.05) is 22.4 Å². The summed E-state index contributed by atoms with van der Waals surface area (Å²) in [5, 5.41) is 2.02. The Kier molecular flexibility index (Phi) is 4.86. The second-order valence-corrected chi connectivity index (χ2v) is 5.88. The molecular weight excluding hydrogens is 254 g/mol. The molecule has 1 amide bonds. The van der Waals surface area contributed by atoms with Crippen LogP contribution in [0.2, 0.25) is 0 Å². The largest absolute Gasteiger partial charge is 0.339 e. The van der Waals surface area contributed by atoms with Crippen LogP contribution in [-0.4, -0.2) is 29.3 Å². The van der Waals surface area contributed by atoms with Gasteiger partial charge in [0.25, 0.3) is 0 Å². The van der Waals surface area contributed by atoms with Crippen molar-refractivity contribution in [3.05, 3.63) is 22.4 Å². The minimum atomic E-state index is 0.266. The maximum atomic E-state index is 12.2. The molecule has 0 radical (unpaired) electrons. The molecule has 0 saturated carbocycles. The molecule has 0 aromatic carbocycles. The standard InChI is InChI=1S/C13H18ClNOS/c14-7-6-11-4-1-2-8-15(11)13(16)10-12-5-3-9-17-12/h3,5,9,11H,1-2,4,6-8,10H2. The lowest BCUT2D eigenvalue weighted by atomic mass is 9.99. The van der Waals surface area contributed by atoms with Crippen LogP contribution in [0.3, 0.4) is 0 Å². The third-order valence-electron chi connectivity index (χ3n) is 3.30. The summed E-state index contributed by atoms with van der Waals surface area (Å²) in [6.45, 7) is 0.908. The summed E-state index contributed by atoms with van der Waals surface area (Å²) < 4.78 is 0. The smallest absolute Gasteiger partial charge is 0.228 e. The van der Waals surface area contributed by atoms with Crippen molar-refractivity contribution >= 4 is 28.8 Å². The van der Waals surface area contributed by atoms with E-state index in [1.54, 1.807) is 11.3 Å². The van der Waals surface area contributed by atoms with Crippen molar-refractivity contribution in [2.24, 2.45) is 0 Å². The number of halogens is 1. The summed E-state index contributed by atoms with van der Waals surface area (Å²) >= 11 is 7.47. The van der Waals surface area contributed by atoms with Gasteiger partial charge in [0.05, 0.1) is 6.42 Å². The Bertz CT molecular complexity index is 350. The minimum Gasteiger partial charge on any atom is -0.339 e. The average Bonchev–Trinajstić information content (AvgIpc) is 2.83. The number of hydrogen-bond donors (Lipinski definition) is 0. The van der Waals surface area contributed by atoms with Crippen LogP contribution in [0.4, 0.5) is 0 Å². The Hall–Kier alpha value is -0.540. The van der Waals surface area contributed by atoms with Crippen molar-refractivity contribution in [3.8, 4) is 0 Å². The Morgan fingerprint density at radius 3 is 3.12 bits per heavy atom. The van der Waals surface area contributed by atoms with Gasteiger partial charge in [0.15, 0.2) is 0 Å². The first-order valence-electron chi connectivity index (χ1n) is 6.19. The summed E-state index contributed by atoms with van der Waals surface area (Å²) in [7, 11) is 0. The highest BCUT2D eigenvalue weighted by Gasteiger charge is 2.26. The lowest BCUT2D eigenvalue weighted by Gasteiger charge is -2.35. The van der Waals surface area contributed by atoms with E-state index in [-0.39, 0.29) is 5.91 Å². The maximum absolute atomic E-state index is 12.2.